The lowest BCUT2D eigenvalue weighted by molar-refractivity contribution is -0.384. The largest absolute Gasteiger partial charge is 0.325 e. The van der Waals surface area contributed by atoms with Gasteiger partial charge in [0.05, 0.1) is 11.0 Å². The van der Waals surface area contributed by atoms with Crippen molar-refractivity contribution in [3.8, 4) is 0 Å². The van der Waals surface area contributed by atoms with Gasteiger partial charge in [0, 0.05) is 17.8 Å². The zero-order chi connectivity index (χ0) is 17.0. The summed E-state index contributed by atoms with van der Waals surface area (Å²) < 4.78 is 0. The monoisotopic (exact) mass is 313 g/mol. The van der Waals surface area contributed by atoms with E-state index >= 15 is 0 Å². The maximum atomic E-state index is 12.1. The predicted octanol–water partition coefficient (Wildman–Crippen LogP) is 2.72. The van der Waals surface area contributed by atoms with Crippen LogP contribution in [0.5, 0.6) is 0 Å². The van der Waals surface area contributed by atoms with E-state index in [9.17, 15) is 14.9 Å². The molecule has 0 saturated carbocycles. The lowest BCUT2D eigenvalue weighted by atomic mass is 10.1. The summed E-state index contributed by atoms with van der Waals surface area (Å²) in [6.07, 6.45) is 0.314. The summed E-state index contributed by atoms with van der Waals surface area (Å²) in [5, 5.41) is 13.4. The maximum absolute atomic E-state index is 12.1. The van der Waals surface area contributed by atoms with Gasteiger partial charge < -0.3 is 11.1 Å². The van der Waals surface area contributed by atoms with Crippen LogP contribution in [0.1, 0.15) is 16.7 Å². The molecule has 0 radical (unpaired) electrons. The van der Waals surface area contributed by atoms with Gasteiger partial charge in [0.15, 0.2) is 0 Å². The Hall–Kier alpha value is -2.73. The summed E-state index contributed by atoms with van der Waals surface area (Å²) in [5.41, 5.74) is 9.66. The minimum absolute atomic E-state index is 0.0157. The summed E-state index contributed by atoms with van der Waals surface area (Å²) in [6.45, 7) is 3.98. The molecule has 0 unspecified atom stereocenters. The lowest BCUT2D eigenvalue weighted by Gasteiger charge is -2.13. The van der Waals surface area contributed by atoms with E-state index in [0.717, 1.165) is 16.7 Å². The topological polar surface area (TPSA) is 98.3 Å². The van der Waals surface area contributed by atoms with Gasteiger partial charge >= 0.3 is 0 Å². The minimum Gasteiger partial charge on any atom is -0.325 e. The van der Waals surface area contributed by atoms with Gasteiger partial charge in [0.25, 0.3) is 5.69 Å². The average molecular weight is 313 g/mol. The number of amides is 1. The quantitative estimate of drug-likeness (QED) is 0.655. The summed E-state index contributed by atoms with van der Waals surface area (Å²) >= 11 is 0. The Morgan fingerprint density at radius 3 is 2.39 bits per heavy atom. The van der Waals surface area contributed by atoms with E-state index in [0.29, 0.717) is 12.1 Å². The van der Waals surface area contributed by atoms with E-state index in [4.69, 9.17) is 5.73 Å². The summed E-state index contributed by atoms with van der Waals surface area (Å²) in [5.74, 6) is -0.286. The first-order valence-corrected chi connectivity index (χ1v) is 7.24. The second kappa shape index (κ2) is 7.02. The summed E-state index contributed by atoms with van der Waals surface area (Å²) in [6, 6.07) is 11.0. The fraction of sp³-hybridized carbons (Fsp3) is 0.235. The Morgan fingerprint density at radius 1 is 1.17 bits per heavy atom. The van der Waals surface area contributed by atoms with Crippen LogP contribution in [0.25, 0.3) is 0 Å². The van der Waals surface area contributed by atoms with Gasteiger partial charge in [-0.2, -0.15) is 0 Å². The van der Waals surface area contributed by atoms with Gasteiger partial charge in [-0.1, -0.05) is 18.2 Å². The number of rotatable bonds is 5. The molecule has 2 aromatic carbocycles. The van der Waals surface area contributed by atoms with Crippen LogP contribution in [0.3, 0.4) is 0 Å². The number of nitrogens with one attached hydrogen (secondary N) is 1. The number of carbonyl (C=O) groups excluding carboxylic acids is 1. The van der Waals surface area contributed by atoms with Crippen molar-refractivity contribution in [2.45, 2.75) is 26.3 Å². The molecule has 0 aliphatic rings. The fourth-order valence-corrected chi connectivity index (χ4v) is 2.15. The van der Waals surface area contributed by atoms with Crippen LogP contribution < -0.4 is 11.1 Å². The highest BCUT2D eigenvalue weighted by Gasteiger charge is 2.15. The Bertz CT molecular complexity index is 726. The molecule has 0 fully saturated rings. The number of non-ortho nitro benzene ring substituents is 1. The second-order valence-corrected chi connectivity index (χ2v) is 5.52. The van der Waals surface area contributed by atoms with Crippen molar-refractivity contribution in [1.82, 2.24) is 0 Å². The molecule has 0 heterocycles. The van der Waals surface area contributed by atoms with Crippen molar-refractivity contribution in [1.29, 1.82) is 0 Å². The molecule has 0 aliphatic heterocycles. The first kappa shape index (κ1) is 16.6. The average Bonchev–Trinajstić information content (AvgIpc) is 2.51. The van der Waals surface area contributed by atoms with Gasteiger partial charge in [-0.15, -0.1) is 0 Å². The van der Waals surface area contributed by atoms with Crippen molar-refractivity contribution in [2.24, 2.45) is 5.73 Å². The van der Waals surface area contributed by atoms with Crippen LogP contribution in [-0.2, 0) is 11.2 Å². The third-order valence-electron chi connectivity index (χ3n) is 3.71. The van der Waals surface area contributed by atoms with Gasteiger partial charge in [-0.3, -0.25) is 14.9 Å². The van der Waals surface area contributed by atoms with Crippen molar-refractivity contribution < 1.29 is 9.72 Å². The molecule has 3 N–H and O–H groups in total. The molecule has 6 nitrogen and oxygen atoms in total. The highest BCUT2D eigenvalue weighted by molar-refractivity contribution is 5.94. The Labute approximate surface area is 134 Å². The van der Waals surface area contributed by atoms with E-state index in [2.05, 4.69) is 5.32 Å². The molecule has 120 valence electrons. The molecule has 2 aromatic rings. The molecule has 23 heavy (non-hydrogen) atoms. The summed E-state index contributed by atoms with van der Waals surface area (Å²) in [4.78, 5) is 22.3. The van der Waals surface area contributed by atoms with Crippen LogP contribution in [0.15, 0.2) is 42.5 Å². The van der Waals surface area contributed by atoms with Crippen LogP contribution in [-0.4, -0.2) is 16.9 Å². The zero-order valence-corrected chi connectivity index (χ0v) is 13.1. The van der Waals surface area contributed by atoms with E-state index in [1.807, 2.05) is 32.0 Å². The molecule has 0 saturated heterocycles. The van der Waals surface area contributed by atoms with Crippen molar-refractivity contribution in [2.75, 3.05) is 5.32 Å². The predicted molar refractivity (Wildman–Crippen MR) is 89.3 cm³/mol. The molecule has 0 spiro atoms. The van der Waals surface area contributed by atoms with E-state index < -0.39 is 11.0 Å². The highest BCUT2D eigenvalue weighted by Crippen LogP contribution is 2.16. The van der Waals surface area contributed by atoms with Gasteiger partial charge in [0.1, 0.15) is 0 Å². The zero-order valence-electron chi connectivity index (χ0n) is 13.1. The standard InChI is InChI=1S/C17H19N3O3/c1-11-3-6-14(9-12(11)2)19-17(21)16(18)10-13-4-7-15(8-5-13)20(22)23/h3-9,16H,10,18H2,1-2H3,(H,19,21)/t16-/m1/s1. The molecule has 0 aliphatic carbocycles. The van der Waals surface area contributed by atoms with Crippen molar-refractivity contribution >= 4 is 17.3 Å². The van der Waals surface area contributed by atoms with Crippen molar-refractivity contribution in [3.63, 3.8) is 0 Å². The number of nitro benzene ring substituents is 1. The van der Waals surface area contributed by atoms with Gasteiger partial charge in [-0.25, -0.2) is 0 Å². The van der Waals surface area contributed by atoms with Crippen LogP contribution in [0.4, 0.5) is 11.4 Å². The number of anilines is 1. The van der Waals surface area contributed by atoms with Crippen LogP contribution >= 0.6 is 0 Å². The molecule has 1 amide bonds. The number of hydrogen-bond donors (Lipinski definition) is 2. The van der Waals surface area contributed by atoms with E-state index in [1.54, 1.807) is 12.1 Å². The SMILES string of the molecule is Cc1ccc(NC(=O)[C@H](N)Cc2ccc([N+](=O)[O-])cc2)cc1C. The number of hydrogen-bond acceptors (Lipinski definition) is 4. The minimum atomic E-state index is -0.724. The molecule has 2 rings (SSSR count). The highest BCUT2D eigenvalue weighted by atomic mass is 16.6. The number of carbonyl (C=O) groups is 1. The number of nitrogens with two attached hydrogens (primary N) is 1. The Kier molecular flexibility index (Phi) is 5.08. The third-order valence-corrected chi connectivity index (χ3v) is 3.71. The third kappa shape index (κ3) is 4.37. The Morgan fingerprint density at radius 2 is 1.83 bits per heavy atom. The fourth-order valence-electron chi connectivity index (χ4n) is 2.15. The first-order valence-electron chi connectivity index (χ1n) is 7.24. The normalized spacial score (nSPS) is 11.8. The van der Waals surface area contributed by atoms with Crippen molar-refractivity contribution in [3.05, 3.63) is 69.3 Å². The molecule has 0 bridgehead atoms. The van der Waals surface area contributed by atoms with Crippen LogP contribution in [0.2, 0.25) is 0 Å². The molecule has 6 heteroatoms. The van der Waals surface area contributed by atoms with Crippen LogP contribution in [0, 0.1) is 24.0 Å². The lowest BCUT2D eigenvalue weighted by Crippen LogP contribution is -2.37. The van der Waals surface area contributed by atoms with E-state index in [1.165, 1.54) is 12.1 Å². The smallest absolute Gasteiger partial charge is 0.269 e. The molecule has 0 aromatic heterocycles. The Balaban J connectivity index is 1.99. The molecule has 1 atom stereocenters. The maximum Gasteiger partial charge on any atom is 0.269 e. The second-order valence-electron chi connectivity index (χ2n) is 5.52. The van der Waals surface area contributed by atoms with Gasteiger partial charge in [0.2, 0.25) is 5.91 Å². The number of benzene rings is 2. The number of aryl methyl sites for hydroxylation is 2. The van der Waals surface area contributed by atoms with E-state index in [-0.39, 0.29) is 11.6 Å². The number of nitrogens with zero attached hydrogens (tertiary/aromatic N) is 1. The molecular formula is C17H19N3O3. The van der Waals surface area contributed by atoms with Gasteiger partial charge in [-0.05, 0) is 49.1 Å². The first-order chi connectivity index (χ1) is 10.9. The summed E-state index contributed by atoms with van der Waals surface area (Å²) in [7, 11) is 0. The number of nitro groups is 1. The molecular weight excluding hydrogens is 294 g/mol.